The first kappa shape index (κ1) is 17.6. The molecule has 128 valence electrons. The Hall–Kier alpha value is -2.75. The van der Waals surface area contributed by atoms with Crippen LogP contribution in [-0.2, 0) is 4.79 Å². The molecule has 0 bridgehead atoms. The third kappa shape index (κ3) is 4.16. The molecule has 2 N–H and O–H groups in total. The lowest BCUT2D eigenvalue weighted by atomic mass is 9.83. The molecule has 2 rings (SSSR count). The van der Waals surface area contributed by atoms with E-state index < -0.39 is 11.5 Å². The molecule has 0 atom stereocenters. The summed E-state index contributed by atoms with van der Waals surface area (Å²) in [6, 6.07) is 6.35. The smallest absolute Gasteiger partial charge is 0.335 e. The van der Waals surface area contributed by atoms with Gasteiger partial charge in [0.1, 0.15) is 5.54 Å². The number of nitrogens with one attached hydrogen (secondary N) is 1. The first-order valence-corrected chi connectivity index (χ1v) is 7.76. The molecule has 0 radical (unpaired) electrons. The summed E-state index contributed by atoms with van der Waals surface area (Å²) in [4.78, 5) is 23.0. The maximum absolute atomic E-state index is 12.1. The number of rotatable bonds is 6. The lowest BCUT2D eigenvalue weighted by Crippen LogP contribution is -2.50. The number of nitrogens with zero attached hydrogens (tertiary/aromatic N) is 1. The van der Waals surface area contributed by atoms with Crippen molar-refractivity contribution in [2.75, 3.05) is 13.7 Å². The minimum Gasteiger partial charge on any atom is -0.493 e. The Kier molecular flexibility index (Phi) is 5.64. The van der Waals surface area contributed by atoms with Crippen LogP contribution >= 0.6 is 0 Å². The fourth-order valence-corrected chi connectivity index (χ4v) is 2.79. The monoisotopic (exact) mass is 332 g/mol. The minimum absolute atomic E-state index is 0.0642. The molecule has 7 nitrogen and oxygen atoms in total. The first-order chi connectivity index (χ1) is 11.5. The number of hydrogen-bond acceptors (Lipinski definition) is 5. The van der Waals surface area contributed by atoms with Crippen LogP contribution in [0.4, 0.5) is 0 Å². The van der Waals surface area contributed by atoms with Crippen molar-refractivity contribution in [3.05, 3.63) is 23.8 Å². The number of ether oxygens (including phenoxy) is 2. The number of carbonyl (C=O) groups is 2. The van der Waals surface area contributed by atoms with Crippen molar-refractivity contribution >= 4 is 11.9 Å². The van der Waals surface area contributed by atoms with Gasteiger partial charge in [0.15, 0.2) is 18.1 Å². The highest BCUT2D eigenvalue weighted by Gasteiger charge is 2.33. The molecule has 0 aromatic heterocycles. The SMILES string of the molecule is COc1cc(C(=O)O)ccc1OCC(=O)NC1(C#N)CCCCC1. The van der Waals surface area contributed by atoms with Gasteiger partial charge in [-0.25, -0.2) is 4.79 Å². The fraction of sp³-hybridized carbons (Fsp3) is 0.471. The van der Waals surface area contributed by atoms with Crippen LogP contribution in [0.2, 0.25) is 0 Å². The predicted octanol–water partition coefficient (Wildman–Crippen LogP) is 2.11. The van der Waals surface area contributed by atoms with Gasteiger partial charge < -0.3 is 19.9 Å². The summed E-state index contributed by atoms with van der Waals surface area (Å²) in [6.45, 7) is -0.272. The van der Waals surface area contributed by atoms with Crippen molar-refractivity contribution in [1.29, 1.82) is 5.26 Å². The van der Waals surface area contributed by atoms with Gasteiger partial charge in [-0.3, -0.25) is 4.79 Å². The molecule has 1 aliphatic rings. The lowest BCUT2D eigenvalue weighted by molar-refractivity contribution is -0.124. The summed E-state index contributed by atoms with van der Waals surface area (Å²) in [7, 11) is 1.39. The van der Waals surface area contributed by atoms with E-state index in [0.29, 0.717) is 12.8 Å². The molecule has 0 spiro atoms. The van der Waals surface area contributed by atoms with E-state index in [1.54, 1.807) is 0 Å². The molecule has 1 saturated carbocycles. The average Bonchev–Trinajstić information content (AvgIpc) is 2.60. The van der Waals surface area contributed by atoms with Crippen molar-refractivity contribution < 1.29 is 24.2 Å². The summed E-state index contributed by atoms with van der Waals surface area (Å²) in [6.07, 6.45) is 4.19. The predicted molar refractivity (Wildman–Crippen MR) is 85.0 cm³/mol. The van der Waals surface area contributed by atoms with Crippen molar-refractivity contribution in [2.24, 2.45) is 0 Å². The van der Waals surface area contributed by atoms with E-state index in [4.69, 9.17) is 14.6 Å². The van der Waals surface area contributed by atoms with Gasteiger partial charge in [-0.1, -0.05) is 19.3 Å². The molecule has 0 aliphatic heterocycles. The van der Waals surface area contributed by atoms with E-state index in [9.17, 15) is 14.9 Å². The first-order valence-electron chi connectivity index (χ1n) is 7.76. The number of hydrogen-bond donors (Lipinski definition) is 2. The van der Waals surface area contributed by atoms with E-state index in [-0.39, 0.29) is 29.6 Å². The summed E-state index contributed by atoms with van der Waals surface area (Å²) < 4.78 is 10.5. The third-order valence-corrected chi connectivity index (χ3v) is 4.07. The molecule has 1 aliphatic carbocycles. The second-order valence-electron chi connectivity index (χ2n) is 5.76. The number of carbonyl (C=O) groups excluding carboxylic acids is 1. The Labute approximate surface area is 140 Å². The van der Waals surface area contributed by atoms with Gasteiger partial charge in [0, 0.05) is 0 Å². The van der Waals surface area contributed by atoms with Crippen LogP contribution in [0.15, 0.2) is 18.2 Å². The Bertz CT molecular complexity index is 659. The van der Waals surface area contributed by atoms with Gasteiger partial charge >= 0.3 is 5.97 Å². The van der Waals surface area contributed by atoms with Crippen LogP contribution in [-0.4, -0.2) is 36.2 Å². The minimum atomic E-state index is -1.08. The summed E-state index contributed by atoms with van der Waals surface area (Å²) in [5.74, 6) is -0.962. The second kappa shape index (κ2) is 7.68. The number of nitriles is 1. The zero-order chi connectivity index (χ0) is 17.6. The molecular formula is C17H20N2O5. The second-order valence-corrected chi connectivity index (χ2v) is 5.76. The molecular weight excluding hydrogens is 312 g/mol. The maximum atomic E-state index is 12.1. The van der Waals surface area contributed by atoms with E-state index in [1.165, 1.54) is 25.3 Å². The number of aromatic carboxylic acids is 1. The highest BCUT2D eigenvalue weighted by atomic mass is 16.5. The molecule has 1 fully saturated rings. The Morgan fingerprint density at radius 1 is 1.29 bits per heavy atom. The zero-order valence-electron chi connectivity index (χ0n) is 13.5. The lowest BCUT2D eigenvalue weighted by Gasteiger charge is -2.31. The molecule has 0 unspecified atom stereocenters. The van der Waals surface area contributed by atoms with E-state index >= 15 is 0 Å². The van der Waals surface area contributed by atoms with Gasteiger partial charge in [0.2, 0.25) is 0 Å². The molecule has 7 heteroatoms. The number of methoxy groups -OCH3 is 1. The summed E-state index contributed by atoms with van der Waals surface area (Å²) >= 11 is 0. The Morgan fingerprint density at radius 3 is 2.58 bits per heavy atom. The van der Waals surface area contributed by atoms with Gasteiger partial charge in [-0.05, 0) is 31.0 Å². The largest absolute Gasteiger partial charge is 0.493 e. The Balaban J connectivity index is 1.98. The molecule has 1 aromatic rings. The van der Waals surface area contributed by atoms with Gasteiger partial charge in [-0.15, -0.1) is 0 Å². The van der Waals surface area contributed by atoms with Crippen LogP contribution in [0.25, 0.3) is 0 Å². The molecule has 1 aromatic carbocycles. The fourth-order valence-electron chi connectivity index (χ4n) is 2.79. The quantitative estimate of drug-likeness (QED) is 0.826. The van der Waals surface area contributed by atoms with E-state index in [1.807, 2.05) is 0 Å². The maximum Gasteiger partial charge on any atom is 0.335 e. The summed E-state index contributed by atoms with van der Waals surface area (Å²) in [5, 5.41) is 21.1. The van der Waals surface area contributed by atoms with Gasteiger partial charge in [0.05, 0.1) is 18.7 Å². The van der Waals surface area contributed by atoms with Crippen LogP contribution in [0.3, 0.4) is 0 Å². The number of carboxylic acid groups (broad SMARTS) is 1. The van der Waals surface area contributed by atoms with Gasteiger partial charge in [0.25, 0.3) is 5.91 Å². The Morgan fingerprint density at radius 2 is 2.00 bits per heavy atom. The number of benzene rings is 1. The van der Waals surface area contributed by atoms with Crippen LogP contribution in [0.5, 0.6) is 11.5 Å². The number of carboxylic acids is 1. The number of amides is 1. The topological polar surface area (TPSA) is 109 Å². The molecule has 0 saturated heterocycles. The highest BCUT2D eigenvalue weighted by molar-refractivity contribution is 5.88. The standard InChI is InChI=1S/C17H20N2O5/c1-23-14-9-12(16(21)22)5-6-13(14)24-10-15(20)19-17(11-18)7-3-2-4-8-17/h5-6,9H,2-4,7-8,10H2,1H3,(H,19,20)(H,21,22). The zero-order valence-corrected chi connectivity index (χ0v) is 13.5. The molecule has 24 heavy (non-hydrogen) atoms. The van der Waals surface area contributed by atoms with Crippen LogP contribution in [0, 0.1) is 11.3 Å². The van der Waals surface area contributed by atoms with Gasteiger partial charge in [-0.2, -0.15) is 5.26 Å². The van der Waals surface area contributed by atoms with Crippen LogP contribution < -0.4 is 14.8 Å². The van der Waals surface area contributed by atoms with E-state index in [0.717, 1.165) is 19.3 Å². The average molecular weight is 332 g/mol. The van der Waals surface area contributed by atoms with E-state index in [2.05, 4.69) is 11.4 Å². The van der Waals surface area contributed by atoms with Crippen molar-refractivity contribution in [2.45, 2.75) is 37.6 Å². The third-order valence-electron chi connectivity index (χ3n) is 4.07. The summed E-state index contributed by atoms with van der Waals surface area (Å²) in [5.41, 5.74) is -0.745. The molecule has 1 amide bonds. The van der Waals surface area contributed by atoms with Crippen molar-refractivity contribution in [3.8, 4) is 17.6 Å². The van der Waals surface area contributed by atoms with Crippen molar-refractivity contribution in [1.82, 2.24) is 5.32 Å². The normalized spacial score (nSPS) is 15.8. The van der Waals surface area contributed by atoms with Crippen LogP contribution in [0.1, 0.15) is 42.5 Å². The highest BCUT2D eigenvalue weighted by Crippen LogP contribution is 2.29. The molecule has 0 heterocycles. The van der Waals surface area contributed by atoms with Crippen molar-refractivity contribution in [3.63, 3.8) is 0 Å².